The number of ether oxygens (including phenoxy) is 3. The molecule has 1 N–H and O–H groups in total. The molecule has 6 heteroatoms. The Labute approximate surface area is 158 Å². The molecular weight excluding hydrogens is 352 g/mol. The Hall–Kier alpha value is -2.42. The second kappa shape index (κ2) is 9.33. The molecule has 0 atom stereocenters. The molecule has 5 nitrogen and oxygen atoms in total. The molecule has 2 aromatic rings. The molecule has 26 heavy (non-hydrogen) atoms. The van der Waals surface area contributed by atoms with Gasteiger partial charge in [0.15, 0.2) is 11.5 Å². The Balaban J connectivity index is 1.52. The molecule has 0 aromatic heterocycles. The van der Waals surface area contributed by atoms with Crippen molar-refractivity contribution in [2.24, 2.45) is 0 Å². The molecule has 0 saturated heterocycles. The van der Waals surface area contributed by atoms with Crippen LogP contribution in [-0.4, -0.2) is 19.8 Å². The Bertz CT molecular complexity index is 789. The van der Waals surface area contributed by atoms with Crippen LogP contribution in [0.15, 0.2) is 36.4 Å². The minimum absolute atomic E-state index is 0.513. The first-order valence-electron chi connectivity index (χ1n) is 8.63. The van der Waals surface area contributed by atoms with Gasteiger partial charge in [-0.3, -0.25) is 0 Å². The summed E-state index contributed by atoms with van der Waals surface area (Å²) in [4.78, 5) is 0. The van der Waals surface area contributed by atoms with Gasteiger partial charge in [0.2, 0.25) is 0 Å². The average Bonchev–Trinajstić information content (AvgIpc) is 2.66. The maximum atomic E-state index is 8.54. The lowest BCUT2D eigenvalue weighted by atomic mass is 10.1. The van der Waals surface area contributed by atoms with Crippen LogP contribution >= 0.6 is 11.6 Å². The van der Waals surface area contributed by atoms with Crippen molar-refractivity contribution in [2.45, 2.75) is 25.9 Å². The van der Waals surface area contributed by atoms with Gasteiger partial charge in [-0.05, 0) is 41.8 Å². The summed E-state index contributed by atoms with van der Waals surface area (Å²) < 4.78 is 16.8. The number of halogens is 1. The maximum absolute atomic E-state index is 8.54. The van der Waals surface area contributed by atoms with E-state index in [0.29, 0.717) is 55.9 Å². The van der Waals surface area contributed by atoms with Crippen LogP contribution < -0.4 is 19.5 Å². The van der Waals surface area contributed by atoms with Gasteiger partial charge in [-0.1, -0.05) is 23.7 Å². The summed E-state index contributed by atoms with van der Waals surface area (Å²) in [5, 5.41) is 12.5. The Morgan fingerprint density at radius 2 is 1.96 bits per heavy atom. The van der Waals surface area contributed by atoms with E-state index in [4.69, 9.17) is 31.1 Å². The van der Waals surface area contributed by atoms with Gasteiger partial charge in [-0.15, -0.1) is 0 Å². The molecule has 3 rings (SSSR count). The molecule has 0 aliphatic carbocycles. The highest BCUT2D eigenvalue weighted by Crippen LogP contribution is 2.38. The van der Waals surface area contributed by atoms with Crippen molar-refractivity contribution in [2.75, 3.05) is 19.8 Å². The third kappa shape index (κ3) is 5.04. The molecule has 0 bridgehead atoms. The van der Waals surface area contributed by atoms with Gasteiger partial charge in [0, 0.05) is 19.5 Å². The highest BCUT2D eigenvalue weighted by atomic mass is 35.5. The molecule has 0 unspecified atom stereocenters. The second-order valence-corrected chi connectivity index (χ2v) is 6.37. The number of hydrogen-bond donors (Lipinski definition) is 1. The lowest BCUT2D eigenvalue weighted by molar-refractivity contribution is 0.171. The molecule has 1 aliphatic rings. The van der Waals surface area contributed by atoms with Gasteiger partial charge >= 0.3 is 0 Å². The summed E-state index contributed by atoms with van der Waals surface area (Å²) in [7, 11) is 0. The van der Waals surface area contributed by atoms with Crippen molar-refractivity contribution in [1.29, 1.82) is 5.26 Å². The van der Waals surface area contributed by atoms with E-state index >= 15 is 0 Å². The molecular formula is C20H21ClN2O3. The molecule has 136 valence electrons. The summed E-state index contributed by atoms with van der Waals surface area (Å²) >= 11 is 6.27. The topological polar surface area (TPSA) is 63.5 Å². The van der Waals surface area contributed by atoms with E-state index in [1.807, 2.05) is 36.4 Å². The lowest BCUT2D eigenvalue weighted by Crippen LogP contribution is -2.17. The van der Waals surface area contributed by atoms with Crippen molar-refractivity contribution < 1.29 is 14.2 Å². The second-order valence-electron chi connectivity index (χ2n) is 5.96. The molecule has 0 saturated carbocycles. The summed E-state index contributed by atoms with van der Waals surface area (Å²) in [6, 6.07) is 13.9. The van der Waals surface area contributed by atoms with Crippen LogP contribution in [-0.2, 0) is 13.1 Å². The van der Waals surface area contributed by atoms with E-state index in [2.05, 4.69) is 11.4 Å². The number of hydrogen-bond acceptors (Lipinski definition) is 5. The van der Waals surface area contributed by atoms with Gasteiger partial charge in [-0.25, -0.2) is 0 Å². The van der Waals surface area contributed by atoms with Crippen LogP contribution in [0.4, 0.5) is 0 Å². The first-order chi connectivity index (χ1) is 12.8. The zero-order valence-corrected chi connectivity index (χ0v) is 15.2. The summed E-state index contributed by atoms with van der Waals surface area (Å²) in [6.45, 7) is 3.01. The van der Waals surface area contributed by atoms with E-state index in [9.17, 15) is 0 Å². The van der Waals surface area contributed by atoms with E-state index in [1.54, 1.807) is 0 Å². The van der Waals surface area contributed by atoms with Gasteiger partial charge < -0.3 is 19.5 Å². The molecule has 0 spiro atoms. The molecule has 0 radical (unpaired) electrons. The van der Waals surface area contributed by atoms with Gasteiger partial charge in [0.05, 0.1) is 17.7 Å². The number of fused-ring (bicyclic) bond motifs is 1. The molecule has 0 amide bonds. The van der Waals surface area contributed by atoms with E-state index in [-0.39, 0.29) is 0 Å². The summed E-state index contributed by atoms with van der Waals surface area (Å²) in [5.41, 5.74) is 2.18. The number of unbranched alkanes of at least 4 members (excludes halogenated alkanes) is 1. The van der Waals surface area contributed by atoms with Crippen LogP contribution in [0.1, 0.15) is 24.0 Å². The van der Waals surface area contributed by atoms with E-state index < -0.39 is 0 Å². The third-order valence-electron chi connectivity index (χ3n) is 3.91. The van der Waals surface area contributed by atoms with Crippen LogP contribution in [0.25, 0.3) is 0 Å². The van der Waals surface area contributed by atoms with Gasteiger partial charge in [0.1, 0.15) is 19.0 Å². The maximum Gasteiger partial charge on any atom is 0.179 e. The normalized spacial score (nSPS) is 12.5. The Morgan fingerprint density at radius 3 is 2.85 bits per heavy atom. The minimum atomic E-state index is 0.513. The molecule has 1 aliphatic heterocycles. The highest BCUT2D eigenvalue weighted by Gasteiger charge is 2.16. The predicted octanol–water partition coefficient (Wildman–Crippen LogP) is 4.08. The standard InChI is InChI=1S/C20H21ClN2O3/c21-18-11-16(12-19-20(18)26-9-8-25-19)14-23-13-15-4-3-5-17(10-15)24-7-2-1-6-22/h3-5,10-12,23H,1-2,7-9,13-14H2. The van der Waals surface area contributed by atoms with E-state index in [1.165, 1.54) is 0 Å². The fourth-order valence-electron chi connectivity index (χ4n) is 2.70. The monoisotopic (exact) mass is 372 g/mol. The average molecular weight is 373 g/mol. The number of nitriles is 1. The van der Waals surface area contributed by atoms with Crippen LogP contribution in [0.3, 0.4) is 0 Å². The fraction of sp³-hybridized carbons (Fsp3) is 0.350. The highest BCUT2D eigenvalue weighted by molar-refractivity contribution is 6.32. The van der Waals surface area contributed by atoms with Crippen molar-refractivity contribution in [1.82, 2.24) is 5.32 Å². The van der Waals surface area contributed by atoms with Gasteiger partial charge in [0.25, 0.3) is 0 Å². The number of rotatable bonds is 8. The fourth-order valence-corrected chi connectivity index (χ4v) is 2.99. The molecule has 0 fully saturated rings. The Kier molecular flexibility index (Phi) is 6.59. The minimum Gasteiger partial charge on any atom is -0.494 e. The number of benzene rings is 2. The lowest BCUT2D eigenvalue weighted by Gasteiger charge is -2.20. The SMILES string of the molecule is N#CCCCOc1cccc(CNCc2cc(Cl)c3c(c2)OCCO3)c1. The predicted molar refractivity (Wildman–Crippen MR) is 99.8 cm³/mol. The number of nitrogens with one attached hydrogen (secondary N) is 1. The van der Waals surface area contributed by atoms with Crippen molar-refractivity contribution >= 4 is 11.6 Å². The van der Waals surface area contributed by atoms with Crippen LogP contribution in [0.2, 0.25) is 5.02 Å². The first kappa shape index (κ1) is 18.4. The molecule has 2 aromatic carbocycles. The number of nitrogens with zero attached hydrogens (tertiary/aromatic N) is 1. The third-order valence-corrected chi connectivity index (χ3v) is 4.20. The van der Waals surface area contributed by atoms with Crippen LogP contribution in [0, 0.1) is 11.3 Å². The van der Waals surface area contributed by atoms with Crippen molar-refractivity contribution in [3.63, 3.8) is 0 Å². The van der Waals surface area contributed by atoms with Crippen molar-refractivity contribution in [3.8, 4) is 23.3 Å². The zero-order valence-electron chi connectivity index (χ0n) is 14.5. The quantitative estimate of drug-likeness (QED) is 0.707. The van der Waals surface area contributed by atoms with Crippen molar-refractivity contribution in [3.05, 3.63) is 52.5 Å². The van der Waals surface area contributed by atoms with E-state index in [0.717, 1.165) is 23.3 Å². The summed E-state index contributed by atoms with van der Waals surface area (Å²) in [6.07, 6.45) is 1.25. The Morgan fingerprint density at radius 1 is 1.12 bits per heavy atom. The van der Waals surface area contributed by atoms with Crippen LogP contribution in [0.5, 0.6) is 17.2 Å². The van der Waals surface area contributed by atoms with Gasteiger partial charge in [-0.2, -0.15) is 5.26 Å². The first-order valence-corrected chi connectivity index (χ1v) is 9.01. The smallest absolute Gasteiger partial charge is 0.179 e. The largest absolute Gasteiger partial charge is 0.494 e. The summed E-state index contributed by atoms with van der Waals surface area (Å²) in [5.74, 6) is 2.15. The zero-order chi connectivity index (χ0) is 18.2. The molecule has 1 heterocycles.